The summed E-state index contributed by atoms with van der Waals surface area (Å²) in [6.45, 7) is 5.76. The number of hydrogen-bond donors (Lipinski definition) is 0. The van der Waals surface area contributed by atoms with Crippen LogP contribution in [0.2, 0.25) is 0 Å². The molecule has 4 atom stereocenters. The lowest BCUT2D eigenvalue weighted by atomic mass is 9.79. The van der Waals surface area contributed by atoms with E-state index in [1.54, 1.807) is 6.92 Å². The van der Waals surface area contributed by atoms with Crippen molar-refractivity contribution in [3.63, 3.8) is 0 Å². The van der Waals surface area contributed by atoms with Gasteiger partial charge in [-0.2, -0.15) is 0 Å². The minimum atomic E-state index is -0.273. The normalized spacial score (nSPS) is 45.0. The van der Waals surface area contributed by atoms with E-state index in [0.717, 1.165) is 5.92 Å². The van der Waals surface area contributed by atoms with Gasteiger partial charge in [0.2, 0.25) is 0 Å². The number of ether oxygens (including phenoxy) is 2. The fourth-order valence-corrected chi connectivity index (χ4v) is 3.37. The van der Waals surface area contributed by atoms with Gasteiger partial charge >= 0.3 is 5.97 Å². The number of carbonyl (C=O) groups is 1. The monoisotopic (exact) mass is 208 g/mol. The smallest absolute Gasteiger partial charge is 0.333 e. The van der Waals surface area contributed by atoms with E-state index in [4.69, 9.17) is 9.47 Å². The summed E-state index contributed by atoms with van der Waals surface area (Å²) in [5.74, 6) is 0.888. The van der Waals surface area contributed by atoms with Gasteiger partial charge in [-0.1, -0.05) is 6.58 Å². The molecule has 2 saturated carbocycles. The topological polar surface area (TPSA) is 35.5 Å². The predicted molar refractivity (Wildman–Crippen MR) is 54.2 cm³/mol. The molecule has 0 amide bonds. The van der Waals surface area contributed by atoms with E-state index in [-0.39, 0.29) is 11.6 Å². The van der Waals surface area contributed by atoms with Gasteiger partial charge in [-0.15, -0.1) is 0 Å². The largest absolute Gasteiger partial charge is 0.462 e. The summed E-state index contributed by atoms with van der Waals surface area (Å²) >= 11 is 0. The van der Waals surface area contributed by atoms with Crippen molar-refractivity contribution in [3.8, 4) is 0 Å². The van der Waals surface area contributed by atoms with Crippen molar-refractivity contribution in [2.75, 3.05) is 6.61 Å². The quantitative estimate of drug-likeness (QED) is 0.523. The molecule has 2 aliphatic carbocycles. The van der Waals surface area contributed by atoms with Gasteiger partial charge in [-0.05, 0) is 25.7 Å². The van der Waals surface area contributed by atoms with Gasteiger partial charge in [0, 0.05) is 17.9 Å². The van der Waals surface area contributed by atoms with Crippen LogP contribution < -0.4 is 0 Å². The first-order valence-electron chi connectivity index (χ1n) is 5.61. The summed E-state index contributed by atoms with van der Waals surface area (Å²) in [5, 5.41) is 0. The van der Waals surface area contributed by atoms with Crippen molar-refractivity contribution in [2.24, 2.45) is 11.8 Å². The van der Waals surface area contributed by atoms with E-state index in [2.05, 4.69) is 6.58 Å². The summed E-state index contributed by atoms with van der Waals surface area (Å²) in [6, 6.07) is 0. The maximum absolute atomic E-state index is 11.3. The van der Waals surface area contributed by atoms with Crippen LogP contribution in [0, 0.1) is 11.8 Å². The highest BCUT2D eigenvalue weighted by Crippen LogP contribution is 2.63. The SMILES string of the molecule is C=C(C)C(=O)OCC1CC2CC13CC2O3. The molecular weight excluding hydrogens is 192 g/mol. The first-order valence-corrected chi connectivity index (χ1v) is 5.61. The average Bonchev–Trinajstić information content (AvgIpc) is 2.76. The minimum Gasteiger partial charge on any atom is -0.462 e. The van der Waals surface area contributed by atoms with Crippen LogP contribution in [-0.2, 0) is 14.3 Å². The Morgan fingerprint density at radius 3 is 2.80 bits per heavy atom. The summed E-state index contributed by atoms with van der Waals surface area (Å²) < 4.78 is 11.0. The lowest BCUT2D eigenvalue weighted by molar-refractivity contribution is -0.217. The van der Waals surface area contributed by atoms with Crippen molar-refractivity contribution in [2.45, 2.75) is 37.9 Å². The lowest BCUT2D eigenvalue weighted by Gasteiger charge is -2.47. The number of esters is 1. The van der Waals surface area contributed by atoms with E-state index in [1.807, 2.05) is 0 Å². The molecule has 4 unspecified atom stereocenters. The molecule has 2 heterocycles. The Hall–Kier alpha value is -0.830. The fourth-order valence-electron chi connectivity index (χ4n) is 3.37. The van der Waals surface area contributed by atoms with Crippen LogP contribution in [-0.4, -0.2) is 24.3 Å². The molecule has 2 saturated heterocycles. The zero-order chi connectivity index (χ0) is 10.6. The highest BCUT2D eigenvalue weighted by molar-refractivity contribution is 5.86. The molecule has 3 bridgehead atoms. The lowest BCUT2D eigenvalue weighted by Crippen LogP contribution is -2.52. The van der Waals surface area contributed by atoms with E-state index >= 15 is 0 Å². The maximum atomic E-state index is 11.3. The maximum Gasteiger partial charge on any atom is 0.333 e. The molecule has 3 nitrogen and oxygen atoms in total. The Balaban J connectivity index is 1.57. The molecule has 1 spiro atoms. The Morgan fingerprint density at radius 2 is 2.33 bits per heavy atom. The standard InChI is InChI=1S/C12H16O3/c1-7(2)11(13)14-6-9-3-8-4-12(9)5-10(8)15-12/h8-10H,1,3-6H2,2H3. The molecule has 0 aromatic heterocycles. The molecule has 4 fully saturated rings. The Bertz CT molecular complexity index is 328. The third-order valence-electron chi connectivity index (χ3n) is 4.16. The van der Waals surface area contributed by atoms with Crippen LogP contribution in [0.5, 0.6) is 0 Å². The Morgan fingerprint density at radius 1 is 1.60 bits per heavy atom. The molecule has 4 rings (SSSR count). The van der Waals surface area contributed by atoms with Gasteiger partial charge in [-0.3, -0.25) is 0 Å². The zero-order valence-electron chi connectivity index (χ0n) is 8.99. The van der Waals surface area contributed by atoms with Crippen LogP contribution in [0.25, 0.3) is 0 Å². The summed E-state index contributed by atoms with van der Waals surface area (Å²) in [6.07, 6.45) is 4.08. The van der Waals surface area contributed by atoms with Crippen molar-refractivity contribution in [3.05, 3.63) is 12.2 Å². The van der Waals surface area contributed by atoms with Crippen molar-refractivity contribution >= 4 is 5.97 Å². The molecule has 0 aromatic carbocycles. The molecule has 3 heteroatoms. The molecule has 2 aliphatic heterocycles. The average molecular weight is 208 g/mol. The Kier molecular flexibility index (Phi) is 1.78. The second-order valence-electron chi connectivity index (χ2n) is 5.20. The first-order chi connectivity index (χ1) is 7.11. The summed E-state index contributed by atoms with van der Waals surface area (Å²) in [5.41, 5.74) is 0.563. The van der Waals surface area contributed by atoms with Gasteiger partial charge in [0.15, 0.2) is 0 Å². The van der Waals surface area contributed by atoms with Crippen molar-refractivity contribution in [1.82, 2.24) is 0 Å². The van der Waals surface area contributed by atoms with Gasteiger partial charge in [0.05, 0.1) is 18.3 Å². The molecule has 4 aliphatic rings. The van der Waals surface area contributed by atoms with Crippen molar-refractivity contribution < 1.29 is 14.3 Å². The van der Waals surface area contributed by atoms with Crippen LogP contribution in [0.3, 0.4) is 0 Å². The zero-order valence-corrected chi connectivity index (χ0v) is 8.99. The minimum absolute atomic E-state index is 0.0880. The number of carbonyl (C=O) groups excluding carboxylic acids is 1. The van der Waals surface area contributed by atoms with Gasteiger partial charge in [-0.25, -0.2) is 4.79 Å². The molecule has 15 heavy (non-hydrogen) atoms. The molecule has 82 valence electrons. The molecule has 0 N–H and O–H groups in total. The van der Waals surface area contributed by atoms with E-state index in [9.17, 15) is 4.79 Å². The number of hydrogen-bond acceptors (Lipinski definition) is 3. The third-order valence-corrected chi connectivity index (χ3v) is 4.16. The second-order valence-corrected chi connectivity index (χ2v) is 5.20. The Labute approximate surface area is 89.4 Å². The molecular formula is C12H16O3. The predicted octanol–water partition coefficient (Wildman–Crippen LogP) is 1.67. The van der Waals surface area contributed by atoms with Gasteiger partial charge < -0.3 is 9.47 Å². The van der Waals surface area contributed by atoms with Crippen molar-refractivity contribution in [1.29, 1.82) is 0 Å². The highest BCUT2D eigenvalue weighted by atomic mass is 16.6. The van der Waals surface area contributed by atoms with E-state index < -0.39 is 0 Å². The van der Waals surface area contributed by atoms with Gasteiger partial charge in [0.1, 0.15) is 0 Å². The fraction of sp³-hybridized carbons (Fsp3) is 0.750. The van der Waals surface area contributed by atoms with Crippen LogP contribution in [0.4, 0.5) is 0 Å². The first kappa shape index (κ1) is 9.40. The molecule has 0 aromatic rings. The molecule has 0 radical (unpaired) electrons. The van der Waals surface area contributed by atoms with E-state index in [1.165, 1.54) is 19.3 Å². The summed E-state index contributed by atoms with van der Waals surface area (Å²) in [7, 11) is 0. The van der Waals surface area contributed by atoms with E-state index in [0.29, 0.717) is 24.2 Å². The van der Waals surface area contributed by atoms with Crippen LogP contribution >= 0.6 is 0 Å². The van der Waals surface area contributed by atoms with Crippen LogP contribution in [0.15, 0.2) is 12.2 Å². The summed E-state index contributed by atoms with van der Waals surface area (Å²) in [4.78, 5) is 11.3. The third kappa shape index (κ3) is 1.19. The van der Waals surface area contributed by atoms with Gasteiger partial charge in [0.25, 0.3) is 0 Å². The second kappa shape index (κ2) is 2.85. The highest BCUT2D eigenvalue weighted by Gasteiger charge is 2.67. The van der Waals surface area contributed by atoms with Crippen LogP contribution in [0.1, 0.15) is 26.2 Å². The number of rotatable bonds is 3.